The van der Waals surface area contributed by atoms with E-state index in [1.165, 1.54) is 11.8 Å². The Labute approximate surface area is 193 Å². The second-order valence-electron chi connectivity index (χ2n) is 8.09. The van der Waals surface area contributed by atoms with Crippen LogP contribution in [-0.2, 0) is 11.4 Å². The van der Waals surface area contributed by atoms with Gasteiger partial charge >= 0.3 is 0 Å². The Morgan fingerprint density at radius 1 is 0.969 bits per heavy atom. The summed E-state index contributed by atoms with van der Waals surface area (Å²) in [7, 11) is 3.95. The molecule has 1 heterocycles. The highest BCUT2D eigenvalue weighted by atomic mass is 32.2. The van der Waals surface area contributed by atoms with Crippen molar-refractivity contribution in [2.24, 2.45) is 0 Å². The van der Waals surface area contributed by atoms with E-state index in [4.69, 9.17) is 4.74 Å². The van der Waals surface area contributed by atoms with E-state index in [1.54, 1.807) is 4.90 Å². The minimum absolute atomic E-state index is 0.265. The number of carbonyl (C=O) groups is 1. The number of amides is 1. The number of nitrogens with zero attached hydrogens (tertiary/aromatic N) is 2. The summed E-state index contributed by atoms with van der Waals surface area (Å²) in [6.07, 6.45) is -1.13. The molecule has 1 N–H and O–H groups in total. The molecule has 0 bridgehead atoms. The number of aliphatic hydroxyl groups is 1. The van der Waals surface area contributed by atoms with Crippen molar-refractivity contribution in [3.63, 3.8) is 0 Å². The van der Waals surface area contributed by atoms with Gasteiger partial charge in [0.1, 0.15) is 18.5 Å². The van der Waals surface area contributed by atoms with E-state index < -0.39 is 11.4 Å². The number of hydrogen-bond acceptors (Lipinski definition) is 5. The third-order valence-electron chi connectivity index (χ3n) is 5.44. The molecule has 1 amide bonds. The van der Waals surface area contributed by atoms with Gasteiger partial charge in [0, 0.05) is 18.0 Å². The van der Waals surface area contributed by atoms with Crippen molar-refractivity contribution < 1.29 is 14.6 Å². The Hall–Kier alpha value is -2.80. The van der Waals surface area contributed by atoms with Crippen molar-refractivity contribution in [3.05, 3.63) is 90.0 Å². The lowest BCUT2D eigenvalue weighted by Crippen LogP contribution is -2.43. The molecule has 1 aliphatic rings. The monoisotopic (exact) mass is 448 g/mol. The zero-order valence-electron chi connectivity index (χ0n) is 18.3. The van der Waals surface area contributed by atoms with Crippen LogP contribution >= 0.6 is 11.8 Å². The summed E-state index contributed by atoms with van der Waals surface area (Å²) < 4.78 is 5.89. The summed E-state index contributed by atoms with van der Waals surface area (Å²) in [6.45, 7) is 1.74. The van der Waals surface area contributed by atoms with Gasteiger partial charge in [0.2, 0.25) is 0 Å². The molecule has 2 atom stereocenters. The van der Waals surface area contributed by atoms with Gasteiger partial charge in [-0.3, -0.25) is 4.79 Å². The van der Waals surface area contributed by atoms with Gasteiger partial charge in [-0.1, -0.05) is 54.6 Å². The second kappa shape index (κ2) is 10.2. The van der Waals surface area contributed by atoms with Crippen LogP contribution in [0, 0.1) is 0 Å². The molecule has 2 unspecified atom stereocenters. The number of rotatable bonds is 7. The molecule has 6 heteroatoms. The van der Waals surface area contributed by atoms with E-state index in [2.05, 4.69) is 0 Å². The van der Waals surface area contributed by atoms with Gasteiger partial charge in [0.05, 0.1) is 10.9 Å². The maximum Gasteiger partial charge on any atom is 0.257 e. The van der Waals surface area contributed by atoms with Crippen LogP contribution < -0.4 is 9.64 Å². The Kier molecular flexibility index (Phi) is 7.15. The van der Waals surface area contributed by atoms with Gasteiger partial charge < -0.3 is 19.6 Å². The molecule has 4 rings (SSSR count). The fraction of sp³-hybridized carbons (Fsp3) is 0.269. The van der Waals surface area contributed by atoms with E-state index in [0.717, 1.165) is 34.0 Å². The van der Waals surface area contributed by atoms with Gasteiger partial charge in [-0.2, -0.15) is 0 Å². The van der Waals surface area contributed by atoms with Gasteiger partial charge in [0.15, 0.2) is 0 Å². The average Bonchev–Trinajstić information content (AvgIpc) is 2.92. The molecule has 0 radical (unpaired) electrons. The Balaban J connectivity index is 1.54. The summed E-state index contributed by atoms with van der Waals surface area (Å²) in [5.41, 5.74) is 2.85. The van der Waals surface area contributed by atoms with Crippen molar-refractivity contribution in [3.8, 4) is 5.75 Å². The molecule has 3 aromatic carbocycles. The van der Waals surface area contributed by atoms with Crippen LogP contribution in [0.4, 0.5) is 5.69 Å². The molecule has 5 nitrogen and oxygen atoms in total. The lowest BCUT2D eigenvalue weighted by molar-refractivity contribution is -0.126. The first-order chi connectivity index (χ1) is 15.5. The molecule has 1 aliphatic heterocycles. The van der Waals surface area contributed by atoms with Crippen molar-refractivity contribution in [2.75, 3.05) is 32.1 Å². The highest BCUT2D eigenvalue weighted by Gasteiger charge is 2.37. The van der Waals surface area contributed by atoms with Crippen molar-refractivity contribution in [2.45, 2.75) is 22.9 Å². The van der Waals surface area contributed by atoms with Crippen LogP contribution in [0.25, 0.3) is 0 Å². The van der Waals surface area contributed by atoms with Crippen LogP contribution in [0.5, 0.6) is 5.75 Å². The molecule has 166 valence electrons. The first-order valence-electron chi connectivity index (χ1n) is 10.7. The van der Waals surface area contributed by atoms with Gasteiger partial charge in [-0.05, 0) is 49.5 Å². The topological polar surface area (TPSA) is 53.0 Å². The number of thioether (sulfide) groups is 1. The van der Waals surface area contributed by atoms with E-state index in [-0.39, 0.29) is 5.91 Å². The number of anilines is 1. The molecule has 0 spiro atoms. The smallest absolute Gasteiger partial charge is 0.257 e. The maximum atomic E-state index is 13.2. The third kappa shape index (κ3) is 5.15. The predicted molar refractivity (Wildman–Crippen MR) is 129 cm³/mol. The number of ether oxygens (including phenoxy) is 1. The first-order valence-corrected chi connectivity index (χ1v) is 11.6. The zero-order chi connectivity index (χ0) is 22.5. The molecule has 0 aromatic heterocycles. The van der Waals surface area contributed by atoms with E-state index >= 15 is 0 Å². The average molecular weight is 449 g/mol. The zero-order valence-corrected chi connectivity index (χ0v) is 19.2. The molecule has 0 fully saturated rings. The Morgan fingerprint density at radius 3 is 2.38 bits per heavy atom. The minimum Gasteiger partial charge on any atom is -0.489 e. The number of hydrogen-bond donors (Lipinski definition) is 1. The van der Waals surface area contributed by atoms with Crippen molar-refractivity contribution >= 4 is 23.4 Å². The summed E-state index contributed by atoms with van der Waals surface area (Å²) in [4.78, 5) is 18.0. The molecular formula is C26H28N2O3S. The molecule has 0 aliphatic carbocycles. The third-order valence-corrected chi connectivity index (χ3v) is 6.83. The fourth-order valence-electron chi connectivity index (χ4n) is 3.66. The van der Waals surface area contributed by atoms with Crippen LogP contribution in [0.1, 0.15) is 16.4 Å². The lowest BCUT2D eigenvalue weighted by Gasteiger charge is -2.26. The fourth-order valence-corrected chi connectivity index (χ4v) is 4.93. The highest BCUT2D eigenvalue weighted by Crippen LogP contribution is 2.45. The van der Waals surface area contributed by atoms with Gasteiger partial charge in [-0.15, -0.1) is 11.8 Å². The Morgan fingerprint density at radius 2 is 1.66 bits per heavy atom. The number of benzene rings is 3. The van der Waals surface area contributed by atoms with Crippen molar-refractivity contribution in [1.29, 1.82) is 0 Å². The number of carbonyl (C=O) groups excluding carboxylic acids is 1. The normalized spacial score (nSPS) is 18.4. The number of para-hydroxylation sites is 1. The van der Waals surface area contributed by atoms with Crippen molar-refractivity contribution in [1.82, 2.24) is 4.90 Å². The number of likely N-dealkylation sites (N-methyl/N-ethyl adjacent to an activating group) is 1. The SMILES string of the molecule is CN(C)CCN1C(=O)C(O)C(c2ccc(OCc3ccccc3)cc2)Sc2ccccc21. The van der Waals surface area contributed by atoms with Crippen LogP contribution in [0.2, 0.25) is 0 Å². The van der Waals surface area contributed by atoms with Crippen LogP contribution in [-0.4, -0.2) is 49.2 Å². The quantitative estimate of drug-likeness (QED) is 0.582. The largest absolute Gasteiger partial charge is 0.489 e. The van der Waals surface area contributed by atoms with Gasteiger partial charge in [-0.25, -0.2) is 0 Å². The molecule has 0 saturated heterocycles. The molecular weight excluding hydrogens is 420 g/mol. The molecule has 0 saturated carbocycles. The molecule has 32 heavy (non-hydrogen) atoms. The highest BCUT2D eigenvalue weighted by molar-refractivity contribution is 7.99. The Bertz CT molecular complexity index is 1040. The molecule has 3 aromatic rings. The van der Waals surface area contributed by atoms with Crippen LogP contribution in [0.3, 0.4) is 0 Å². The minimum atomic E-state index is -1.13. The summed E-state index contributed by atoms with van der Waals surface area (Å²) >= 11 is 1.53. The number of fused-ring (bicyclic) bond motifs is 1. The summed E-state index contributed by atoms with van der Waals surface area (Å²) in [6, 6.07) is 25.5. The van der Waals surface area contributed by atoms with E-state index in [1.807, 2.05) is 97.9 Å². The second-order valence-corrected chi connectivity index (χ2v) is 9.27. The predicted octanol–water partition coefficient (Wildman–Crippen LogP) is 4.37. The van der Waals surface area contributed by atoms with E-state index in [9.17, 15) is 9.90 Å². The maximum absolute atomic E-state index is 13.2. The first kappa shape index (κ1) is 22.4. The van der Waals surface area contributed by atoms with Crippen LogP contribution in [0.15, 0.2) is 83.8 Å². The number of aliphatic hydroxyl groups excluding tert-OH is 1. The van der Waals surface area contributed by atoms with E-state index in [0.29, 0.717) is 13.2 Å². The standard InChI is InChI=1S/C26H28N2O3S/c1-27(2)16-17-28-22-10-6-7-11-23(22)32-25(24(29)26(28)30)20-12-14-21(15-13-20)31-18-19-8-4-3-5-9-19/h3-15,24-25,29H,16-18H2,1-2H3. The lowest BCUT2D eigenvalue weighted by atomic mass is 10.1. The summed E-state index contributed by atoms with van der Waals surface area (Å²) in [5, 5.41) is 10.7. The summed E-state index contributed by atoms with van der Waals surface area (Å²) in [5.74, 6) is 0.490. The van der Waals surface area contributed by atoms with Gasteiger partial charge in [0.25, 0.3) is 5.91 Å².